The third-order valence-electron chi connectivity index (χ3n) is 5.54. The van der Waals surface area contributed by atoms with E-state index < -0.39 is 23.6 Å². The Balaban J connectivity index is 1.89. The van der Waals surface area contributed by atoms with Crippen LogP contribution in [-0.4, -0.2) is 28.7 Å². The van der Waals surface area contributed by atoms with Gasteiger partial charge in [-0.15, -0.1) is 0 Å². The number of benzene rings is 3. The fourth-order valence-corrected chi connectivity index (χ4v) is 3.83. The van der Waals surface area contributed by atoms with Gasteiger partial charge in [0.25, 0.3) is 0 Å². The minimum absolute atomic E-state index is 0.0856. The predicted octanol–water partition coefficient (Wildman–Crippen LogP) is 6.00. The summed E-state index contributed by atoms with van der Waals surface area (Å²) < 4.78 is 34.5. The van der Waals surface area contributed by atoms with Crippen LogP contribution in [0.4, 0.5) is 14.5 Å². The van der Waals surface area contributed by atoms with Crippen LogP contribution in [0, 0.1) is 23.0 Å². The van der Waals surface area contributed by atoms with E-state index in [1.54, 1.807) is 12.1 Å². The van der Waals surface area contributed by atoms with Crippen molar-refractivity contribution in [1.29, 1.82) is 5.26 Å². The smallest absolute Gasteiger partial charge is 0.325 e. The lowest BCUT2D eigenvalue weighted by Crippen LogP contribution is -2.26. The van der Waals surface area contributed by atoms with Crippen LogP contribution < -0.4 is 10.1 Å². The number of ether oxygens (including phenoxy) is 1. The summed E-state index contributed by atoms with van der Waals surface area (Å²) in [5.41, 5.74) is 2.42. The van der Waals surface area contributed by atoms with Gasteiger partial charge in [-0.3, -0.25) is 4.79 Å². The Morgan fingerprint density at radius 3 is 2.46 bits per heavy atom. The topological polar surface area (TPSA) is 95.2 Å². The Bertz CT molecular complexity index is 1460. The van der Waals surface area contributed by atoms with E-state index in [0.717, 1.165) is 22.9 Å². The molecule has 0 fully saturated rings. The number of carbonyl (C=O) groups is 1. The molecule has 3 aromatic carbocycles. The van der Waals surface area contributed by atoms with E-state index in [4.69, 9.17) is 4.74 Å². The first-order valence-corrected chi connectivity index (χ1v) is 10.9. The number of nitrogens with zero attached hydrogens (tertiary/aromatic N) is 2. The van der Waals surface area contributed by atoms with E-state index in [0.29, 0.717) is 12.2 Å². The first-order chi connectivity index (χ1) is 16.8. The zero-order chi connectivity index (χ0) is 25.1. The number of fused-ring (bicyclic) bond motifs is 1. The Labute approximate surface area is 200 Å². The van der Waals surface area contributed by atoms with Crippen molar-refractivity contribution in [3.63, 3.8) is 0 Å². The van der Waals surface area contributed by atoms with Crippen LogP contribution in [0.2, 0.25) is 0 Å². The maximum Gasteiger partial charge on any atom is 0.325 e. The molecule has 176 valence electrons. The van der Waals surface area contributed by atoms with Crippen LogP contribution in [0.15, 0.2) is 60.7 Å². The number of carboxylic acids is 1. The SMILES string of the molecule is CCOc1ccccc1-c1ccc(-c2nc3ccc(F)c(F)c3c(N[C@H](C)C(=O)O)c2C#N)cc1. The fraction of sp³-hybridized carbons (Fsp3) is 0.148. The van der Waals surface area contributed by atoms with Crippen molar-refractivity contribution in [1.82, 2.24) is 4.98 Å². The van der Waals surface area contributed by atoms with Crippen LogP contribution in [0.5, 0.6) is 5.75 Å². The van der Waals surface area contributed by atoms with Crippen molar-refractivity contribution in [2.75, 3.05) is 11.9 Å². The Hall–Kier alpha value is -4.51. The lowest BCUT2D eigenvalue weighted by molar-refractivity contribution is -0.137. The number of nitriles is 1. The van der Waals surface area contributed by atoms with E-state index in [1.807, 2.05) is 49.4 Å². The summed E-state index contributed by atoms with van der Waals surface area (Å²) in [5, 5.41) is 21.7. The molecule has 0 spiro atoms. The summed E-state index contributed by atoms with van der Waals surface area (Å²) in [4.78, 5) is 15.9. The normalized spacial score (nSPS) is 11.6. The number of rotatable bonds is 7. The van der Waals surface area contributed by atoms with Gasteiger partial charge in [-0.1, -0.05) is 42.5 Å². The lowest BCUT2D eigenvalue weighted by Gasteiger charge is -2.18. The highest BCUT2D eigenvalue weighted by Gasteiger charge is 2.23. The van der Waals surface area contributed by atoms with E-state index in [2.05, 4.69) is 10.3 Å². The molecule has 0 amide bonds. The quantitative estimate of drug-likeness (QED) is 0.342. The first-order valence-electron chi connectivity index (χ1n) is 10.9. The molecule has 0 bridgehead atoms. The van der Waals surface area contributed by atoms with Gasteiger partial charge >= 0.3 is 5.97 Å². The van der Waals surface area contributed by atoms with Gasteiger partial charge in [0.2, 0.25) is 0 Å². The molecular formula is C27H21F2N3O3. The number of hydrogen-bond donors (Lipinski definition) is 2. The fourth-order valence-electron chi connectivity index (χ4n) is 3.83. The molecule has 2 N–H and O–H groups in total. The number of carboxylic acid groups (broad SMARTS) is 1. The summed E-state index contributed by atoms with van der Waals surface area (Å²) in [6, 6.07) is 17.9. The highest BCUT2D eigenvalue weighted by molar-refractivity contribution is 5.99. The molecule has 1 aromatic heterocycles. The van der Waals surface area contributed by atoms with Gasteiger partial charge in [0, 0.05) is 11.1 Å². The van der Waals surface area contributed by atoms with Gasteiger partial charge < -0.3 is 15.2 Å². The Morgan fingerprint density at radius 2 is 1.80 bits per heavy atom. The number of anilines is 1. The van der Waals surface area contributed by atoms with Crippen molar-refractivity contribution in [3.05, 3.63) is 77.9 Å². The van der Waals surface area contributed by atoms with E-state index in [1.165, 1.54) is 13.0 Å². The highest BCUT2D eigenvalue weighted by Crippen LogP contribution is 2.37. The number of para-hydroxylation sites is 1. The average molecular weight is 473 g/mol. The van der Waals surface area contributed by atoms with Gasteiger partial charge in [-0.05, 0) is 37.6 Å². The molecule has 1 atom stereocenters. The molecule has 0 aliphatic rings. The largest absolute Gasteiger partial charge is 0.493 e. The second-order valence-corrected chi connectivity index (χ2v) is 7.79. The zero-order valence-corrected chi connectivity index (χ0v) is 19.0. The second kappa shape index (κ2) is 9.77. The number of hydrogen-bond acceptors (Lipinski definition) is 5. The summed E-state index contributed by atoms with van der Waals surface area (Å²) in [7, 11) is 0. The molecule has 0 radical (unpaired) electrons. The van der Waals surface area contributed by atoms with Crippen molar-refractivity contribution in [2.45, 2.75) is 19.9 Å². The van der Waals surface area contributed by atoms with Crippen LogP contribution >= 0.6 is 0 Å². The standard InChI is InChI=1S/C27H21F2N3O3/c1-3-35-22-7-5-4-6-18(22)16-8-10-17(11-9-16)25-19(14-30)26(31-15(2)27(33)34)23-21(32-25)13-12-20(28)24(23)29/h4-13,15H,3H2,1-2H3,(H,31,32)(H,33,34)/t15-/m1/s1. The molecule has 6 nitrogen and oxygen atoms in total. The van der Waals surface area contributed by atoms with E-state index in [-0.39, 0.29) is 27.8 Å². The molecule has 4 aromatic rings. The van der Waals surface area contributed by atoms with Crippen LogP contribution in [-0.2, 0) is 4.79 Å². The number of halogens is 2. The molecular weight excluding hydrogens is 452 g/mol. The van der Waals surface area contributed by atoms with Gasteiger partial charge in [-0.25, -0.2) is 13.8 Å². The molecule has 0 aliphatic carbocycles. The first kappa shape index (κ1) is 23.6. The minimum atomic E-state index is -1.21. The van der Waals surface area contributed by atoms with Crippen LogP contribution in [0.25, 0.3) is 33.3 Å². The van der Waals surface area contributed by atoms with E-state index in [9.17, 15) is 23.9 Å². The molecule has 0 saturated heterocycles. The second-order valence-electron chi connectivity index (χ2n) is 7.79. The molecule has 0 unspecified atom stereocenters. The van der Waals surface area contributed by atoms with Gasteiger partial charge in [0.15, 0.2) is 11.6 Å². The molecule has 35 heavy (non-hydrogen) atoms. The molecule has 0 aliphatic heterocycles. The number of aliphatic carboxylic acids is 1. The third kappa shape index (κ3) is 4.49. The average Bonchev–Trinajstić information content (AvgIpc) is 2.86. The molecule has 1 heterocycles. The summed E-state index contributed by atoms with van der Waals surface area (Å²) in [6.07, 6.45) is 0. The highest BCUT2D eigenvalue weighted by atomic mass is 19.2. The van der Waals surface area contributed by atoms with Crippen LogP contribution in [0.1, 0.15) is 19.4 Å². The maximum atomic E-state index is 14.8. The maximum absolute atomic E-state index is 14.8. The van der Waals surface area contributed by atoms with Crippen molar-refractivity contribution < 1.29 is 23.4 Å². The minimum Gasteiger partial charge on any atom is -0.493 e. The van der Waals surface area contributed by atoms with Gasteiger partial charge in [0.1, 0.15) is 23.4 Å². The Kier molecular flexibility index (Phi) is 6.60. The molecule has 0 saturated carbocycles. The number of nitrogens with one attached hydrogen (secondary N) is 1. The third-order valence-corrected chi connectivity index (χ3v) is 5.54. The summed E-state index contributed by atoms with van der Waals surface area (Å²) >= 11 is 0. The van der Waals surface area contributed by atoms with Gasteiger partial charge in [-0.2, -0.15) is 5.26 Å². The van der Waals surface area contributed by atoms with Crippen molar-refractivity contribution in [3.8, 4) is 34.2 Å². The lowest BCUT2D eigenvalue weighted by atomic mass is 9.98. The summed E-state index contributed by atoms with van der Waals surface area (Å²) in [6.45, 7) is 3.76. The van der Waals surface area contributed by atoms with Crippen molar-refractivity contribution >= 4 is 22.6 Å². The predicted molar refractivity (Wildman–Crippen MR) is 129 cm³/mol. The summed E-state index contributed by atoms with van der Waals surface area (Å²) in [5.74, 6) is -2.81. The van der Waals surface area contributed by atoms with Gasteiger partial charge in [0.05, 0.1) is 28.9 Å². The van der Waals surface area contributed by atoms with E-state index >= 15 is 0 Å². The number of aromatic nitrogens is 1. The Morgan fingerprint density at radius 1 is 1.11 bits per heavy atom. The monoisotopic (exact) mass is 473 g/mol. The van der Waals surface area contributed by atoms with Crippen molar-refractivity contribution in [2.24, 2.45) is 0 Å². The number of pyridine rings is 1. The van der Waals surface area contributed by atoms with Crippen LogP contribution in [0.3, 0.4) is 0 Å². The molecule has 8 heteroatoms. The zero-order valence-electron chi connectivity index (χ0n) is 19.0. The molecule has 4 rings (SSSR count).